The SMILES string of the molecule is CC(C)(C)C(=O)NCCNC(=O)CCCCCCN.Cl. The predicted molar refractivity (Wildman–Crippen MR) is 84.9 cm³/mol. The molecule has 0 spiro atoms. The van der Waals surface area contributed by atoms with Gasteiger partial charge in [-0.3, -0.25) is 9.59 Å². The van der Waals surface area contributed by atoms with Crippen LogP contribution in [0.25, 0.3) is 0 Å². The van der Waals surface area contributed by atoms with E-state index in [2.05, 4.69) is 10.6 Å². The molecule has 4 N–H and O–H groups in total. The zero-order valence-corrected chi connectivity index (χ0v) is 13.8. The van der Waals surface area contributed by atoms with Crippen LogP contribution in [0.15, 0.2) is 0 Å². The molecule has 0 radical (unpaired) electrons. The van der Waals surface area contributed by atoms with Gasteiger partial charge in [0, 0.05) is 24.9 Å². The third kappa shape index (κ3) is 12.2. The molecular formula is C14H30ClN3O2. The van der Waals surface area contributed by atoms with Crippen LogP contribution >= 0.6 is 12.4 Å². The Kier molecular flexibility index (Phi) is 12.9. The van der Waals surface area contributed by atoms with Gasteiger partial charge in [-0.15, -0.1) is 12.4 Å². The predicted octanol–water partition coefficient (Wildman–Crippen LogP) is 1.60. The summed E-state index contributed by atoms with van der Waals surface area (Å²) in [6, 6.07) is 0. The van der Waals surface area contributed by atoms with E-state index in [1.165, 1.54) is 0 Å². The van der Waals surface area contributed by atoms with Gasteiger partial charge >= 0.3 is 0 Å². The maximum absolute atomic E-state index is 11.5. The number of hydrogen-bond donors (Lipinski definition) is 3. The molecule has 20 heavy (non-hydrogen) atoms. The molecule has 0 aromatic rings. The van der Waals surface area contributed by atoms with Crippen molar-refractivity contribution in [3.05, 3.63) is 0 Å². The number of nitrogens with two attached hydrogens (primary N) is 1. The summed E-state index contributed by atoms with van der Waals surface area (Å²) in [4.78, 5) is 23.0. The Balaban J connectivity index is 0. The summed E-state index contributed by atoms with van der Waals surface area (Å²) in [5.74, 6) is 0.0567. The number of hydrogen-bond acceptors (Lipinski definition) is 3. The highest BCUT2D eigenvalue weighted by molar-refractivity contribution is 5.85. The third-order valence-electron chi connectivity index (χ3n) is 2.77. The molecule has 2 amide bonds. The number of carbonyl (C=O) groups is 2. The van der Waals surface area contributed by atoms with Crippen molar-refractivity contribution in [1.82, 2.24) is 10.6 Å². The molecule has 0 saturated carbocycles. The number of halogens is 1. The Bertz CT molecular complexity index is 278. The van der Waals surface area contributed by atoms with Crippen molar-refractivity contribution in [3.8, 4) is 0 Å². The van der Waals surface area contributed by atoms with Gasteiger partial charge in [0.25, 0.3) is 0 Å². The fourth-order valence-corrected chi connectivity index (χ4v) is 1.51. The standard InChI is InChI=1S/C14H29N3O2.ClH/c1-14(2,3)13(19)17-11-10-16-12(18)8-6-4-5-7-9-15;/h4-11,15H2,1-3H3,(H,16,18)(H,17,19);1H. The van der Waals surface area contributed by atoms with Crippen molar-refractivity contribution in [1.29, 1.82) is 0 Å². The first-order valence-corrected chi connectivity index (χ1v) is 7.13. The lowest BCUT2D eigenvalue weighted by Gasteiger charge is -2.17. The molecule has 0 saturated heterocycles. The summed E-state index contributed by atoms with van der Waals surface area (Å²) < 4.78 is 0. The molecule has 0 fully saturated rings. The molecule has 120 valence electrons. The smallest absolute Gasteiger partial charge is 0.225 e. The van der Waals surface area contributed by atoms with Crippen molar-refractivity contribution >= 4 is 24.2 Å². The Labute approximate surface area is 128 Å². The molecular weight excluding hydrogens is 278 g/mol. The van der Waals surface area contributed by atoms with Gasteiger partial charge in [-0.2, -0.15) is 0 Å². The van der Waals surface area contributed by atoms with E-state index in [4.69, 9.17) is 5.73 Å². The van der Waals surface area contributed by atoms with Gasteiger partial charge in [0.05, 0.1) is 0 Å². The van der Waals surface area contributed by atoms with Gasteiger partial charge in [0.2, 0.25) is 11.8 Å². The lowest BCUT2D eigenvalue weighted by molar-refractivity contribution is -0.128. The number of nitrogens with one attached hydrogen (secondary N) is 2. The zero-order valence-electron chi connectivity index (χ0n) is 13.0. The lowest BCUT2D eigenvalue weighted by atomic mass is 9.96. The van der Waals surface area contributed by atoms with Gasteiger partial charge in [0.1, 0.15) is 0 Å². The second-order valence-corrected chi connectivity index (χ2v) is 5.81. The molecule has 0 aliphatic carbocycles. The van der Waals surface area contributed by atoms with Crippen molar-refractivity contribution < 1.29 is 9.59 Å². The molecule has 0 bridgehead atoms. The second kappa shape index (κ2) is 12.0. The molecule has 0 unspecified atom stereocenters. The van der Waals surface area contributed by atoms with E-state index in [1.54, 1.807) is 0 Å². The molecule has 0 aromatic heterocycles. The van der Waals surface area contributed by atoms with Crippen LogP contribution in [0.4, 0.5) is 0 Å². The van der Waals surface area contributed by atoms with E-state index >= 15 is 0 Å². The topological polar surface area (TPSA) is 84.2 Å². The molecule has 0 aromatic carbocycles. The minimum absolute atomic E-state index is 0. The van der Waals surface area contributed by atoms with Crippen LogP contribution in [-0.2, 0) is 9.59 Å². The van der Waals surface area contributed by atoms with Gasteiger partial charge < -0.3 is 16.4 Å². The molecule has 5 nitrogen and oxygen atoms in total. The van der Waals surface area contributed by atoms with Gasteiger partial charge in [-0.1, -0.05) is 33.6 Å². The van der Waals surface area contributed by atoms with Crippen LogP contribution in [0.3, 0.4) is 0 Å². The molecule has 6 heteroatoms. The fourth-order valence-electron chi connectivity index (χ4n) is 1.51. The van der Waals surface area contributed by atoms with E-state index in [0.717, 1.165) is 32.2 Å². The summed E-state index contributed by atoms with van der Waals surface area (Å²) in [5.41, 5.74) is 5.01. The first-order valence-electron chi connectivity index (χ1n) is 7.13. The van der Waals surface area contributed by atoms with Gasteiger partial charge in [-0.25, -0.2) is 0 Å². The van der Waals surface area contributed by atoms with E-state index in [1.807, 2.05) is 20.8 Å². The minimum Gasteiger partial charge on any atom is -0.354 e. The van der Waals surface area contributed by atoms with Gasteiger partial charge in [0.15, 0.2) is 0 Å². The molecule has 0 atom stereocenters. The van der Waals surface area contributed by atoms with E-state index in [9.17, 15) is 9.59 Å². The highest BCUT2D eigenvalue weighted by Gasteiger charge is 2.20. The average Bonchev–Trinajstić information content (AvgIpc) is 2.33. The number of carbonyl (C=O) groups excluding carboxylic acids is 2. The zero-order chi connectivity index (χ0) is 14.7. The lowest BCUT2D eigenvalue weighted by Crippen LogP contribution is -2.39. The molecule has 0 heterocycles. The van der Waals surface area contributed by atoms with Crippen molar-refractivity contribution in [3.63, 3.8) is 0 Å². The van der Waals surface area contributed by atoms with Crippen molar-refractivity contribution in [2.24, 2.45) is 11.1 Å². The highest BCUT2D eigenvalue weighted by atomic mass is 35.5. The minimum atomic E-state index is -0.382. The van der Waals surface area contributed by atoms with Crippen LogP contribution in [0.5, 0.6) is 0 Å². The summed E-state index contributed by atoms with van der Waals surface area (Å²) in [7, 11) is 0. The Morgan fingerprint density at radius 3 is 2.05 bits per heavy atom. The van der Waals surface area contributed by atoms with Crippen molar-refractivity contribution in [2.75, 3.05) is 19.6 Å². The number of amides is 2. The van der Waals surface area contributed by atoms with Crippen LogP contribution < -0.4 is 16.4 Å². The largest absolute Gasteiger partial charge is 0.354 e. The van der Waals surface area contributed by atoms with Crippen LogP contribution in [0.2, 0.25) is 0 Å². The monoisotopic (exact) mass is 307 g/mol. The summed E-state index contributed by atoms with van der Waals surface area (Å²) in [6.45, 7) is 7.28. The molecule has 0 rings (SSSR count). The van der Waals surface area contributed by atoms with Gasteiger partial charge in [-0.05, 0) is 19.4 Å². The first kappa shape index (κ1) is 21.5. The van der Waals surface area contributed by atoms with E-state index < -0.39 is 0 Å². The summed E-state index contributed by atoms with van der Waals surface area (Å²) >= 11 is 0. The van der Waals surface area contributed by atoms with Crippen LogP contribution in [0.1, 0.15) is 52.9 Å². The van der Waals surface area contributed by atoms with Crippen molar-refractivity contribution in [2.45, 2.75) is 52.9 Å². The Morgan fingerprint density at radius 2 is 1.50 bits per heavy atom. The maximum Gasteiger partial charge on any atom is 0.225 e. The fraction of sp³-hybridized carbons (Fsp3) is 0.857. The molecule has 0 aliphatic rings. The quantitative estimate of drug-likeness (QED) is 0.566. The van der Waals surface area contributed by atoms with E-state index in [-0.39, 0.29) is 29.6 Å². The summed E-state index contributed by atoms with van der Waals surface area (Å²) in [6.07, 6.45) is 4.62. The normalized spacial score (nSPS) is 10.6. The number of rotatable bonds is 9. The average molecular weight is 308 g/mol. The second-order valence-electron chi connectivity index (χ2n) is 5.81. The van der Waals surface area contributed by atoms with Crippen LogP contribution in [-0.4, -0.2) is 31.4 Å². The highest BCUT2D eigenvalue weighted by Crippen LogP contribution is 2.11. The Morgan fingerprint density at radius 1 is 0.950 bits per heavy atom. The first-order chi connectivity index (χ1) is 8.88. The Hall–Kier alpha value is -0.810. The van der Waals surface area contributed by atoms with Crippen LogP contribution in [0, 0.1) is 5.41 Å². The number of unbranched alkanes of at least 4 members (excludes halogenated alkanes) is 3. The molecule has 0 aliphatic heterocycles. The summed E-state index contributed by atoms with van der Waals surface area (Å²) in [5, 5.41) is 5.60. The maximum atomic E-state index is 11.5. The van der Waals surface area contributed by atoms with E-state index in [0.29, 0.717) is 19.5 Å². The third-order valence-corrected chi connectivity index (χ3v) is 2.77.